The fourth-order valence-electron chi connectivity index (χ4n) is 9.92. The zero-order chi connectivity index (χ0) is 56.4. The van der Waals surface area contributed by atoms with E-state index in [-0.39, 0.29) is 31.1 Å². The van der Waals surface area contributed by atoms with Crippen LogP contribution in [0.2, 0.25) is 0 Å². The van der Waals surface area contributed by atoms with Gasteiger partial charge < -0.3 is 14.2 Å². The number of allylic oxidation sites excluding steroid dienone is 12. The Morgan fingerprint density at radius 1 is 0.269 bits per heavy atom. The molecule has 1 atom stereocenters. The number of unbranched alkanes of at least 4 members (excludes halogenated alkanes) is 39. The first-order valence-corrected chi connectivity index (χ1v) is 33.9. The van der Waals surface area contributed by atoms with Crippen molar-refractivity contribution in [3.05, 3.63) is 72.9 Å². The average Bonchev–Trinajstić information content (AvgIpc) is 3.44. The normalized spacial score (nSPS) is 12.5. The van der Waals surface area contributed by atoms with Gasteiger partial charge in [-0.05, 0) is 70.6 Å². The maximum atomic E-state index is 12.8. The summed E-state index contributed by atoms with van der Waals surface area (Å²) in [6, 6.07) is 0. The second-order valence-electron chi connectivity index (χ2n) is 22.7. The van der Waals surface area contributed by atoms with Crippen LogP contribution in [0.4, 0.5) is 0 Å². The molecule has 0 heterocycles. The van der Waals surface area contributed by atoms with Gasteiger partial charge in [0.25, 0.3) is 0 Å². The molecule has 0 aromatic rings. The molecule has 0 aliphatic heterocycles. The Morgan fingerprint density at radius 3 is 0.782 bits per heavy atom. The maximum Gasteiger partial charge on any atom is 0.306 e. The van der Waals surface area contributed by atoms with Gasteiger partial charge >= 0.3 is 17.9 Å². The lowest BCUT2D eigenvalue weighted by Crippen LogP contribution is -2.30. The molecule has 0 aromatic heterocycles. The zero-order valence-corrected chi connectivity index (χ0v) is 51.9. The van der Waals surface area contributed by atoms with Crippen molar-refractivity contribution >= 4 is 17.9 Å². The molecule has 6 heteroatoms. The number of ether oxygens (including phenoxy) is 3. The molecular weight excluding hydrogens is 961 g/mol. The van der Waals surface area contributed by atoms with Gasteiger partial charge in [-0.2, -0.15) is 0 Å². The summed E-state index contributed by atoms with van der Waals surface area (Å²) in [4.78, 5) is 38.0. The van der Waals surface area contributed by atoms with Crippen LogP contribution in [0.3, 0.4) is 0 Å². The third-order valence-electron chi connectivity index (χ3n) is 15.0. The minimum Gasteiger partial charge on any atom is -0.462 e. The Morgan fingerprint density at radius 2 is 0.500 bits per heavy atom. The van der Waals surface area contributed by atoms with Crippen molar-refractivity contribution in [1.29, 1.82) is 0 Å². The van der Waals surface area contributed by atoms with Gasteiger partial charge in [-0.15, -0.1) is 0 Å². The van der Waals surface area contributed by atoms with Crippen molar-refractivity contribution in [1.82, 2.24) is 0 Å². The van der Waals surface area contributed by atoms with E-state index in [1.54, 1.807) is 0 Å². The van der Waals surface area contributed by atoms with E-state index in [1.165, 1.54) is 205 Å². The number of rotatable bonds is 62. The van der Waals surface area contributed by atoms with Crippen LogP contribution in [0.1, 0.15) is 348 Å². The fraction of sp³-hybridized carbons (Fsp3) is 0.792. The number of hydrogen-bond donors (Lipinski definition) is 0. The molecule has 0 N–H and O–H groups in total. The quantitative estimate of drug-likeness (QED) is 0.0261. The van der Waals surface area contributed by atoms with Gasteiger partial charge in [0, 0.05) is 19.3 Å². The van der Waals surface area contributed by atoms with Crippen LogP contribution in [0, 0.1) is 0 Å². The first-order chi connectivity index (χ1) is 38.5. The van der Waals surface area contributed by atoms with Gasteiger partial charge in [-0.3, -0.25) is 14.4 Å². The van der Waals surface area contributed by atoms with Crippen molar-refractivity contribution in [2.45, 2.75) is 354 Å². The fourth-order valence-corrected chi connectivity index (χ4v) is 9.92. The van der Waals surface area contributed by atoms with Crippen LogP contribution in [0.5, 0.6) is 0 Å². The Hall–Kier alpha value is -3.15. The topological polar surface area (TPSA) is 78.9 Å². The van der Waals surface area contributed by atoms with Gasteiger partial charge in [0.15, 0.2) is 6.10 Å². The summed E-state index contributed by atoms with van der Waals surface area (Å²) >= 11 is 0. The predicted molar refractivity (Wildman–Crippen MR) is 339 cm³/mol. The zero-order valence-electron chi connectivity index (χ0n) is 51.9. The Balaban J connectivity index is 3.93. The Bertz CT molecular complexity index is 1440. The molecule has 0 bridgehead atoms. The van der Waals surface area contributed by atoms with E-state index < -0.39 is 6.10 Å². The third-order valence-corrected chi connectivity index (χ3v) is 15.0. The molecule has 0 radical (unpaired) electrons. The van der Waals surface area contributed by atoms with E-state index in [4.69, 9.17) is 14.2 Å². The van der Waals surface area contributed by atoms with Crippen molar-refractivity contribution in [2.24, 2.45) is 0 Å². The van der Waals surface area contributed by atoms with E-state index >= 15 is 0 Å². The lowest BCUT2D eigenvalue weighted by atomic mass is 10.0. The first kappa shape index (κ1) is 74.8. The van der Waals surface area contributed by atoms with Gasteiger partial charge in [0.1, 0.15) is 13.2 Å². The van der Waals surface area contributed by atoms with Crippen molar-refractivity contribution in [2.75, 3.05) is 13.2 Å². The highest BCUT2D eigenvalue weighted by atomic mass is 16.6. The highest BCUT2D eigenvalue weighted by Gasteiger charge is 2.19. The summed E-state index contributed by atoms with van der Waals surface area (Å²) in [7, 11) is 0. The molecule has 0 aliphatic rings. The summed E-state index contributed by atoms with van der Waals surface area (Å²) < 4.78 is 16.8. The van der Waals surface area contributed by atoms with E-state index in [1.807, 2.05) is 0 Å². The summed E-state index contributed by atoms with van der Waals surface area (Å²) in [5, 5.41) is 0. The molecule has 0 rings (SSSR count). The van der Waals surface area contributed by atoms with E-state index in [2.05, 4.69) is 93.7 Å². The summed E-state index contributed by atoms with van der Waals surface area (Å²) in [5.41, 5.74) is 0. The molecule has 1 unspecified atom stereocenters. The molecule has 452 valence electrons. The van der Waals surface area contributed by atoms with Crippen LogP contribution < -0.4 is 0 Å². The average molecular weight is 1090 g/mol. The molecule has 0 saturated heterocycles. The van der Waals surface area contributed by atoms with E-state index in [0.29, 0.717) is 19.3 Å². The summed E-state index contributed by atoms with van der Waals surface area (Å²) in [5.74, 6) is -0.864. The second-order valence-corrected chi connectivity index (χ2v) is 22.7. The minimum atomic E-state index is -0.767. The smallest absolute Gasteiger partial charge is 0.306 e. The number of carbonyl (C=O) groups is 3. The SMILES string of the molecule is CC/C=C\C/C=C\C/C=C\C/C=C\C/C=C\C/C=C\CCCCCCCCCCCCCCCCCCC(=O)OCC(COC(=O)CCCCCCC)OC(=O)CCCCCCCCCCCCCCCCCCCCCC. The van der Waals surface area contributed by atoms with Gasteiger partial charge in [-0.25, -0.2) is 0 Å². The van der Waals surface area contributed by atoms with Crippen molar-refractivity contribution in [3.8, 4) is 0 Å². The van der Waals surface area contributed by atoms with Gasteiger partial charge in [0.05, 0.1) is 0 Å². The van der Waals surface area contributed by atoms with Gasteiger partial charge in [0.2, 0.25) is 0 Å². The molecule has 78 heavy (non-hydrogen) atoms. The minimum absolute atomic E-state index is 0.0695. The number of carbonyl (C=O) groups excluding carboxylic acids is 3. The van der Waals surface area contributed by atoms with E-state index in [9.17, 15) is 14.4 Å². The van der Waals surface area contributed by atoms with Crippen LogP contribution in [-0.4, -0.2) is 37.2 Å². The lowest BCUT2D eigenvalue weighted by molar-refractivity contribution is -0.167. The maximum absolute atomic E-state index is 12.8. The lowest BCUT2D eigenvalue weighted by Gasteiger charge is -2.18. The Kier molecular flexibility index (Phi) is 63.7. The number of hydrogen-bond acceptors (Lipinski definition) is 6. The summed E-state index contributed by atoms with van der Waals surface area (Å²) in [6.45, 7) is 6.49. The number of esters is 3. The molecule has 0 aliphatic carbocycles. The van der Waals surface area contributed by atoms with Crippen LogP contribution in [0.25, 0.3) is 0 Å². The largest absolute Gasteiger partial charge is 0.462 e. The van der Waals surface area contributed by atoms with Crippen molar-refractivity contribution < 1.29 is 28.6 Å². The van der Waals surface area contributed by atoms with Crippen LogP contribution >= 0.6 is 0 Å². The van der Waals surface area contributed by atoms with Gasteiger partial charge in [-0.1, -0.05) is 331 Å². The monoisotopic (exact) mass is 1090 g/mol. The highest BCUT2D eigenvalue weighted by molar-refractivity contribution is 5.71. The molecule has 6 nitrogen and oxygen atoms in total. The molecule has 0 aromatic carbocycles. The second kappa shape index (κ2) is 66.4. The van der Waals surface area contributed by atoms with Crippen LogP contribution in [-0.2, 0) is 28.6 Å². The van der Waals surface area contributed by atoms with E-state index in [0.717, 1.165) is 103 Å². The standard InChI is InChI=1S/C72H128O6/c1-4-7-10-13-15-17-19-21-23-25-27-29-30-31-32-33-34-35-36-37-38-39-40-41-42-43-45-46-48-50-52-54-56-59-62-65-71(74)77-68-69(67-76-70(73)64-61-58-12-9-6-3)78-72(75)66-63-60-57-55-53-51-49-47-44-28-26-24-22-20-18-16-14-11-8-5-2/h7,10,15,17,21,23,27,29,31-32,34-35,69H,4-6,8-9,11-14,16,18-20,22,24-26,28,30,33,36-68H2,1-3H3/b10-7-,17-15-,23-21-,29-27-,32-31-,35-34-. The third kappa shape index (κ3) is 63.7. The van der Waals surface area contributed by atoms with Crippen molar-refractivity contribution in [3.63, 3.8) is 0 Å². The molecule has 0 spiro atoms. The molecule has 0 fully saturated rings. The Labute approximate surface area is 484 Å². The molecular formula is C72H128O6. The summed E-state index contributed by atoms with van der Waals surface area (Å²) in [6.07, 6.45) is 87.0. The first-order valence-electron chi connectivity index (χ1n) is 33.9. The predicted octanol–water partition coefficient (Wildman–Crippen LogP) is 23.3. The molecule has 0 saturated carbocycles. The van der Waals surface area contributed by atoms with Crippen LogP contribution in [0.15, 0.2) is 72.9 Å². The molecule has 0 amide bonds. The highest BCUT2D eigenvalue weighted by Crippen LogP contribution is 2.18.